The molecule has 2 aromatic rings. The molecule has 0 radical (unpaired) electrons. The van der Waals surface area contributed by atoms with Gasteiger partial charge in [-0.25, -0.2) is 4.98 Å². The lowest BCUT2D eigenvalue weighted by Gasteiger charge is -2.01. The van der Waals surface area contributed by atoms with Crippen LogP contribution in [0.15, 0.2) is 9.90 Å². The fraction of sp³-hybridized carbons (Fsp3) is 0.462. The van der Waals surface area contributed by atoms with Crippen LogP contribution in [0.3, 0.4) is 0 Å². The Morgan fingerprint density at radius 1 is 1.58 bits per heavy atom. The third kappa shape index (κ3) is 2.40. The molecule has 1 saturated carbocycles. The molecule has 0 aliphatic heterocycles. The predicted molar refractivity (Wildman–Crippen MR) is 72.7 cm³/mol. The number of rotatable bonds is 4. The normalized spacial score (nSPS) is 14.6. The highest BCUT2D eigenvalue weighted by molar-refractivity contribution is 7.14. The molecule has 0 saturated heterocycles. The number of carbonyl (C=O) groups excluding carboxylic acids is 1. The van der Waals surface area contributed by atoms with Crippen molar-refractivity contribution in [2.75, 3.05) is 5.32 Å². The van der Waals surface area contributed by atoms with E-state index in [9.17, 15) is 4.79 Å². The fourth-order valence-electron chi connectivity index (χ4n) is 2.02. The van der Waals surface area contributed by atoms with E-state index in [0.717, 1.165) is 5.69 Å². The molecule has 1 aliphatic carbocycles. The molecule has 0 aromatic carbocycles. The summed E-state index contributed by atoms with van der Waals surface area (Å²) in [6, 6.07) is 0. The zero-order valence-electron chi connectivity index (χ0n) is 10.9. The molecule has 100 valence electrons. The molecule has 2 heterocycles. The van der Waals surface area contributed by atoms with Crippen LogP contribution in [0, 0.1) is 6.92 Å². The minimum absolute atomic E-state index is 0.188. The highest BCUT2D eigenvalue weighted by Crippen LogP contribution is 2.40. The zero-order chi connectivity index (χ0) is 13.4. The van der Waals surface area contributed by atoms with E-state index in [2.05, 4.69) is 15.5 Å². The van der Waals surface area contributed by atoms with Crippen LogP contribution in [0.5, 0.6) is 0 Å². The standard InChI is InChI=1S/C13H15N3O2S/c1-3-9-11(7(2)18-16-9)12(17)15-13-14-10(6-19-13)8-4-5-8/h6,8H,3-5H2,1-2H3,(H,14,15,17). The molecular weight excluding hydrogens is 262 g/mol. The molecule has 1 aliphatic rings. The molecule has 1 fully saturated rings. The van der Waals surface area contributed by atoms with Gasteiger partial charge >= 0.3 is 0 Å². The lowest BCUT2D eigenvalue weighted by atomic mass is 10.1. The van der Waals surface area contributed by atoms with Crippen molar-refractivity contribution >= 4 is 22.4 Å². The first-order valence-corrected chi connectivity index (χ1v) is 7.29. The lowest BCUT2D eigenvalue weighted by molar-refractivity contribution is 0.102. The lowest BCUT2D eigenvalue weighted by Crippen LogP contribution is -2.14. The number of thiazole rings is 1. The third-order valence-electron chi connectivity index (χ3n) is 3.23. The van der Waals surface area contributed by atoms with Crippen molar-refractivity contribution in [3.8, 4) is 0 Å². The van der Waals surface area contributed by atoms with Gasteiger partial charge in [0.15, 0.2) is 5.13 Å². The van der Waals surface area contributed by atoms with E-state index in [1.165, 1.54) is 24.2 Å². The second kappa shape index (κ2) is 4.77. The summed E-state index contributed by atoms with van der Waals surface area (Å²) in [5, 5.41) is 9.39. The molecule has 1 N–H and O–H groups in total. The maximum absolute atomic E-state index is 12.2. The fourth-order valence-corrected chi connectivity index (χ4v) is 2.81. The SMILES string of the molecule is CCc1noc(C)c1C(=O)Nc1nc(C2CC2)cs1. The van der Waals surface area contributed by atoms with Crippen LogP contribution >= 0.6 is 11.3 Å². The summed E-state index contributed by atoms with van der Waals surface area (Å²) in [6.07, 6.45) is 3.09. The van der Waals surface area contributed by atoms with Crippen LogP contribution < -0.4 is 5.32 Å². The molecule has 0 bridgehead atoms. The van der Waals surface area contributed by atoms with Crippen molar-refractivity contribution in [1.29, 1.82) is 0 Å². The van der Waals surface area contributed by atoms with E-state index in [0.29, 0.717) is 34.5 Å². The first-order chi connectivity index (χ1) is 9.19. The average Bonchev–Trinajstić information content (AvgIpc) is 3.03. The highest BCUT2D eigenvalue weighted by atomic mass is 32.1. The van der Waals surface area contributed by atoms with E-state index in [-0.39, 0.29) is 5.91 Å². The average molecular weight is 277 g/mol. The van der Waals surface area contributed by atoms with Crippen molar-refractivity contribution in [2.45, 2.75) is 39.0 Å². The number of hydrogen-bond donors (Lipinski definition) is 1. The molecule has 6 heteroatoms. The van der Waals surface area contributed by atoms with Crippen LogP contribution in [0.4, 0.5) is 5.13 Å². The number of hydrogen-bond acceptors (Lipinski definition) is 5. The van der Waals surface area contributed by atoms with Gasteiger partial charge in [0.2, 0.25) is 0 Å². The number of amides is 1. The molecule has 2 aromatic heterocycles. The van der Waals surface area contributed by atoms with Crippen LogP contribution in [0.25, 0.3) is 0 Å². The van der Waals surface area contributed by atoms with Gasteiger partial charge in [0, 0.05) is 11.3 Å². The number of aryl methyl sites for hydroxylation is 2. The van der Waals surface area contributed by atoms with Gasteiger partial charge in [-0.2, -0.15) is 0 Å². The Bertz CT molecular complexity index is 613. The number of nitrogens with zero attached hydrogens (tertiary/aromatic N) is 2. The maximum atomic E-state index is 12.2. The zero-order valence-corrected chi connectivity index (χ0v) is 11.7. The summed E-state index contributed by atoms with van der Waals surface area (Å²) < 4.78 is 5.07. The summed E-state index contributed by atoms with van der Waals surface area (Å²) in [7, 11) is 0. The van der Waals surface area contributed by atoms with Crippen molar-refractivity contribution in [3.63, 3.8) is 0 Å². The number of carbonyl (C=O) groups is 1. The smallest absolute Gasteiger partial charge is 0.262 e. The molecule has 5 nitrogen and oxygen atoms in total. The molecule has 0 atom stereocenters. The van der Waals surface area contributed by atoms with Crippen molar-refractivity contribution in [2.24, 2.45) is 0 Å². The van der Waals surface area contributed by atoms with Crippen LogP contribution in [-0.4, -0.2) is 16.0 Å². The molecule has 0 unspecified atom stereocenters. The number of aromatic nitrogens is 2. The van der Waals surface area contributed by atoms with E-state index in [1.54, 1.807) is 6.92 Å². The Morgan fingerprint density at radius 2 is 2.37 bits per heavy atom. The van der Waals surface area contributed by atoms with E-state index in [4.69, 9.17) is 4.52 Å². The van der Waals surface area contributed by atoms with Crippen molar-refractivity contribution < 1.29 is 9.32 Å². The third-order valence-corrected chi connectivity index (χ3v) is 4.01. The van der Waals surface area contributed by atoms with Crippen molar-refractivity contribution in [1.82, 2.24) is 10.1 Å². The van der Waals surface area contributed by atoms with Gasteiger partial charge < -0.3 is 4.52 Å². The van der Waals surface area contributed by atoms with Gasteiger partial charge in [0.05, 0.1) is 11.4 Å². The Labute approximate surface area is 115 Å². The summed E-state index contributed by atoms with van der Waals surface area (Å²) in [5.41, 5.74) is 2.32. The van der Waals surface area contributed by atoms with Gasteiger partial charge in [0.25, 0.3) is 5.91 Å². The number of anilines is 1. The second-order valence-electron chi connectivity index (χ2n) is 4.72. The summed E-state index contributed by atoms with van der Waals surface area (Å²) in [6.45, 7) is 3.70. The Balaban J connectivity index is 1.77. The Kier molecular flexibility index (Phi) is 3.10. The minimum Gasteiger partial charge on any atom is -0.361 e. The van der Waals surface area contributed by atoms with Gasteiger partial charge in [0.1, 0.15) is 11.3 Å². The minimum atomic E-state index is -0.188. The molecule has 1 amide bonds. The molecule has 19 heavy (non-hydrogen) atoms. The summed E-state index contributed by atoms with van der Waals surface area (Å²) in [5.74, 6) is 0.964. The van der Waals surface area contributed by atoms with Gasteiger partial charge in [-0.15, -0.1) is 11.3 Å². The van der Waals surface area contributed by atoms with Gasteiger partial charge in [-0.3, -0.25) is 10.1 Å². The second-order valence-corrected chi connectivity index (χ2v) is 5.58. The topological polar surface area (TPSA) is 68.0 Å². The van der Waals surface area contributed by atoms with Gasteiger partial charge in [-0.05, 0) is 26.2 Å². The van der Waals surface area contributed by atoms with E-state index in [1.807, 2.05) is 12.3 Å². The van der Waals surface area contributed by atoms with Crippen LogP contribution in [-0.2, 0) is 6.42 Å². The number of nitrogens with one attached hydrogen (secondary N) is 1. The summed E-state index contributed by atoms with van der Waals surface area (Å²) in [4.78, 5) is 16.7. The predicted octanol–water partition coefficient (Wildman–Crippen LogP) is 3.13. The monoisotopic (exact) mass is 277 g/mol. The first kappa shape index (κ1) is 12.3. The molecule has 0 spiro atoms. The van der Waals surface area contributed by atoms with Crippen LogP contribution in [0.1, 0.15) is 53.2 Å². The first-order valence-electron chi connectivity index (χ1n) is 6.41. The van der Waals surface area contributed by atoms with Crippen LogP contribution in [0.2, 0.25) is 0 Å². The summed E-state index contributed by atoms with van der Waals surface area (Å²) >= 11 is 1.47. The largest absolute Gasteiger partial charge is 0.361 e. The Morgan fingerprint density at radius 3 is 3.05 bits per heavy atom. The van der Waals surface area contributed by atoms with Crippen molar-refractivity contribution in [3.05, 3.63) is 28.1 Å². The highest BCUT2D eigenvalue weighted by Gasteiger charge is 2.27. The quantitative estimate of drug-likeness (QED) is 0.932. The Hall–Kier alpha value is -1.69. The van der Waals surface area contributed by atoms with E-state index < -0.39 is 0 Å². The molecular formula is C13H15N3O2S. The van der Waals surface area contributed by atoms with E-state index >= 15 is 0 Å². The maximum Gasteiger partial charge on any atom is 0.262 e. The van der Waals surface area contributed by atoms with Gasteiger partial charge in [-0.1, -0.05) is 12.1 Å². The molecule has 3 rings (SSSR count).